The average Bonchev–Trinajstić information content (AvgIpc) is 2.84. The van der Waals surface area contributed by atoms with Gasteiger partial charge in [-0.3, -0.25) is 0 Å². The lowest BCUT2D eigenvalue weighted by Crippen LogP contribution is -2.11. The summed E-state index contributed by atoms with van der Waals surface area (Å²) in [6, 6.07) is 1.06. The van der Waals surface area contributed by atoms with Crippen molar-refractivity contribution in [2.45, 2.75) is 199 Å². The molecule has 0 aliphatic rings. The van der Waals surface area contributed by atoms with Crippen LogP contribution in [-0.2, 0) is 0 Å². The summed E-state index contributed by atoms with van der Waals surface area (Å²) >= 11 is 12.3. The Bertz CT molecular complexity index is 400. The predicted octanol–water partition coefficient (Wildman–Crippen LogP) is 12.8. The molecule has 0 aliphatic heterocycles. The van der Waals surface area contributed by atoms with Crippen LogP contribution in [0.25, 0.3) is 0 Å². The molecule has 0 spiro atoms. The Labute approximate surface area is 239 Å². The Hall–Kier alpha value is 0.757. The zero-order chi connectivity index (χ0) is 26.4. The van der Waals surface area contributed by atoms with Gasteiger partial charge in [-0.15, -0.1) is 22.2 Å². The summed E-state index contributed by atoms with van der Waals surface area (Å²) in [5.41, 5.74) is 5.54. The van der Waals surface area contributed by atoms with Crippen LogP contribution in [-0.4, -0.2) is 13.2 Å². The second kappa shape index (κ2) is 30.3. The Morgan fingerprint density at radius 3 is 0.667 bits per heavy atom. The van der Waals surface area contributed by atoms with E-state index in [-0.39, 0.29) is 0 Å². The van der Waals surface area contributed by atoms with Crippen LogP contribution >= 0.6 is 22.2 Å². The van der Waals surface area contributed by atoms with Crippen LogP contribution in [0.1, 0.15) is 186 Å². The third-order valence-electron chi connectivity index (χ3n) is 7.82. The van der Waals surface area contributed by atoms with E-state index in [1.807, 2.05) is 6.55 Å². The lowest BCUT2D eigenvalue weighted by Gasteiger charge is -2.09. The Balaban J connectivity index is 3.03. The van der Waals surface area contributed by atoms with Crippen LogP contribution in [0.3, 0.4) is 0 Å². The van der Waals surface area contributed by atoms with Crippen molar-refractivity contribution in [2.75, 3.05) is 6.54 Å². The van der Waals surface area contributed by atoms with Gasteiger partial charge in [0.2, 0.25) is 6.69 Å². The zero-order valence-electron chi connectivity index (χ0n) is 24.8. The first-order chi connectivity index (χ1) is 17.6. The van der Waals surface area contributed by atoms with Gasteiger partial charge >= 0.3 is 0 Å². The lowest BCUT2D eigenvalue weighted by molar-refractivity contribution is 0.513. The van der Waals surface area contributed by atoms with Gasteiger partial charge in [0.1, 0.15) is 0 Å². The van der Waals surface area contributed by atoms with Gasteiger partial charge in [0.15, 0.2) is 0 Å². The minimum atomic E-state index is -1.84. The molecule has 2 N–H and O–H groups in total. The maximum Gasteiger partial charge on any atom is 0.248 e. The molecule has 4 heteroatoms. The van der Waals surface area contributed by atoms with Crippen LogP contribution < -0.4 is 5.73 Å². The molecule has 0 fully saturated rings. The molecule has 0 aromatic carbocycles. The molecule has 0 saturated heterocycles. The molecule has 0 heterocycles. The van der Waals surface area contributed by atoms with E-state index in [0.717, 1.165) is 12.6 Å². The maximum absolute atomic E-state index is 6.15. The van der Waals surface area contributed by atoms with Gasteiger partial charge in [-0.1, -0.05) is 180 Å². The molecule has 0 aromatic heterocycles. The Morgan fingerprint density at radius 1 is 0.333 bits per heavy atom. The monoisotopic (exact) mass is 563 g/mol. The van der Waals surface area contributed by atoms with Crippen molar-refractivity contribution in [3.05, 3.63) is 0 Å². The average molecular weight is 565 g/mol. The SMILES string of the molecule is C[Si](Cl)(Cl)CCCCCCCCCCCCCCCCCCCCCCCCCCCCCCCN. The van der Waals surface area contributed by atoms with Crippen molar-refractivity contribution in [3.63, 3.8) is 0 Å². The molecule has 0 saturated carbocycles. The highest BCUT2D eigenvalue weighted by molar-refractivity contribution is 7.44. The van der Waals surface area contributed by atoms with Gasteiger partial charge in [0.05, 0.1) is 0 Å². The summed E-state index contributed by atoms with van der Waals surface area (Å²) in [5, 5.41) is 0. The quantitative estimate of drug-likeness (QED) is 0.0506. The molecule has 0 unspecified atom stereocenters. The third-order valence-corrected chi connectivity index (χ3v) is 10.2. The van der Waals surface area contributed by atoms with Gasteiger partial charge in [0.25, 0.3) is 0 Å². The molecule has 36 heavy (non-hydrogen) atoms. The molecule has 218 valence electrons. The summed E-state index contributed by atoms with van der Waals surface area (Å²) in [5.74, 6) is 0. The van der Waals surface area contributed by atoms with E-state index in [4.69, 9.17) is 27.9 Å². The van der Waals surface area contributed by atoms with E-state index in [0.29, 0.717) is 0 Å². The fraction of sp³-hybridized carbons (Fsp3) is 1.00. The molecule has 0 rings (SSSR count). The highest BCUT2D eigenvalue weighted by Crippen LogP contribution is 2.23. The smallest absolute Gasteiger partial charge is 0.248 e. The summed E-state index contributed by atoms with van der Waals surface area (Å²) in [6.45, 7) is 1.07. The minimum absolute atomic E-state index is 0.871. The zero-order valence-corrected chi connectivity index (χ0v) is 27.3. The van der Waals surface area contributed by atoms with Crippen molar-refractivity contribution in [1.29, 1.82) is 0 Å². The van der Waals surface area contributed by atoms with Crippen LogP contribution in [0.4, 0.5) is 0 Å². The summed E-state index contributed by atoms with van der Waals surface area (Å²) in [6.07, 6.45) is 41.4. The van der Waals surface area contributed by atoms with Crippen LogP contribution in [0.15, 0.2) is 0 Å². The first kappa shape index (κ1) is 36.8. The second-order valence-corrected chi connectivity index (χ2v) is 20.1. The summed E-state index contributed by atoms with van der Waals surface area (Å²) in [4.78, 5) is 0. The first-order valence-electron chi connectivity index (χ1n) is 16.6. The molecular formula is C32H67Cl2NSi. The summed E-state index contributed by atoms with van der Waals surface area (Å²) in [7, 11) is 0. The van der Waals surface area contributed by atoms with Crippen LogP contribution in [0.5, 0.6) is 0 Å². The molecular weight excluding hydrogens is 497 g/mol. The second-order valence-electron chi connectivity index (χ2n) is 11.9. The van der Waals surface area contributed by atoms with Crippen LogP contribution in [0.2, 0.25) is 12.6 Å². The highest BCUT2D eigenvalue weighted by atomic mass is 35.7. The molecule has 0 bridgehead atoms. The third kappa shape index (κ3) is 34.8. The van der Waals surface area contributed by atoms with Crippen molar-refractivity contribution >= 4 is 28.9 Å². The number of halogens is 2. The predicted molar refractivity (Wildman–Crippen MR) is 171 cm³/mol. The van der Waals surface area contributed by atoms with Gasteiger partial charge in [-0.25, -0.2) is 0 Å². The standard InChI is InChI=1S/C32H67Cl2NSi/c1-36(33,34)32-30-28-26-24-22-20-18-16-14-12-10-8-6-4-2-3-5-7-9-11-13-15-17-19-21-23-25-27-29-31-35/h2-32,35H2,1H3. The molecule has 0 radical (unpaired) electrons. The molecule has 0 atom stereocenters. The number of rotatable bonds is 31. The highest BCUT2D eigenvalue weighted by Gasteiger charge is 2.19. The fourth-order valence-corrected chi connectivity index (χ4v) is 7.03. The maximum atomic E-state index is 6.15. The number of hydrogen-bond acceptors (Lipinski definition) is 1. The van der Waals surface area contributed by atoms with E-state index in [1.165, 1.54) is 186 Å². The summed E-state index contributed by atoms with van der Waals surface area (Å²) < 4.78 is 0. The molecule has 0 aromatic rings. The van der Waals surface area contributed by atoms with Crippen molar-refractivity contribution in [2.24, 2.45) is 5.73 Å². The van der Waals surface area contributed by atoms with Gasteiger partial charge in [-0.05, 0) is 25.6 Å². The van der Waals surface area contributed by atoms with E-state index < -0.39 is 6.69 Å². The largest absolute Gasteiger partial charge is 0.330 e. The normalized spacial score (nSPS) is 12.0. The van der Waals surface area contributed by atoms with Crippen molar-refractivity contribution < 1.29 is 0 Å². The van der Waals surface area contributed by atoms with Crippen molar-refractivity contribution in [1.82, 2.24) is 0 Å². The van der Waals surface area contributed by atoms with Crippen molar-refractivity contribution in [3.8, 4) is 0 Å². The molecule has 0 aliphatic carbocycles. The van der Waals surface area contributed by atoms with E-state index in [2.05, 4.69) is 0 Å². The van der Waals surface area contributed by atoms with E-state index in [1.54, 1.807) is 0 Å². The number of unbranched alkanes of at least 4 members (excludes halogenated alkanes) is 28. The number of hydrogen-bond donors (Lipinski definition) is 1. The minimum Gasteiger partial charge on any atom is -0.330 e. The lowest BCUT2D eigenvalue weighted by atomic mass is 10.0. The van der Waals surface area contributed by atoms with Gasteiger partial charge in [0, 0.05) is 0 Å². The molecule has 0 amide bonds. The fourth-order valence-electron chi connectivity index (χ4n) is 5.35. The van der Waals surface area contributed by atoms with E-state index in [9.17, 15) is 0 Å². The van der Waals surface area contributed by atoms with Gasteiger partial charge < -0.3 is 5.73 Å². The van der Waals surface area contributed by atoms with Crippen LogP contribution in [0, 0.1) is 0 Å². The molecule has 1 nitrogen and oxygen atoms in total. The first-order valence-corrected chi connectivity index (χ1v) is 21.4. The Morgan fingerprint density at radius 2 is 0.500 bits per heavy atom. The Kier molecular flexibility index (Phi) is 30.9. The topological polar surface area (TPSA) is 26.0 Å². The van der Waals surface area contributed by atoms with Gasteiger partial charge in [-0.2, -0.15) is 0 Å². The number of nitrogens with two attached hydrogens (primary N) is 1. The van der Waals surface area contributed by atoms with E-state index >= 15 is 0 Å².